The molecule has 1 aromatic rings. The minimum Gasteiger partial charge on any atom is -0.423 e. The molecule has 0 radical (unpaired) electrons. The largest absolute Gasteiger partial charge is 0.488 e. The van der Waals surface area contributed by atoms with Crippen LogP contribution in [0.15, 0.2) is 24.3 Å². The molecule has 4 atom stereocenters. The van der Waals surface area contributed by atoms with Crippen LogP contribution in [0.1, 0.15) is 43.6 Å². The van der Waals surface area contributed by atoms with Gasteiger partial charge in [-0.1, -0.05) is 24.3 Å². The van der Waals surface area contributed by atoms with Gasteiger partial charge in [0.15, 0.2) is 0 Å². The number of fused-ring (bicyclic) bond motifs is 6. The summed E-state index contributed by atoms with van der Waals surface area (Å²) in [4.78, 5) is 0. The van der Waals surface area contributed by atoms with E-state index in [0.717, 1.165) is 17.3 Å². The summed E-state index contributed by atoms with van der Waals surface area (Å²) in [6.07, 6.45) is 7.12. The molecule has 4 unspecified atom stereocenters. The molecular weight excluding hydrogens is 271 g/mol. The van der Waals surface area contributed by atoms with Gasteiger partial charge in [0.2, 0.25) is 0 Å². The molecule has 0 aromatic heterocycles. The van der Waals surface area contributed by atoms with Crippen molar-refractivity contribution in [3.8, 4) is 0 Å². The van der Waals surface area contributed by atoms with Crippen LogP contribution in [0.3, 0.4) is 0 Å². The standard InChI is InChI=1S/C19H23BO2/c21-20(22)13-7-5-11(6-8-13)10-1-3-12(4-2-10)16-17-18(16)19(17)14-9-15(14)19/h5-8,10,12,14-18,21-22H,1-4,9H2/t10-,12-,14?,15?,16?,17?,18?,19?. The van der Waals surface area contributed by atoms with Crippen LogP contribution < -0.4 is 5.46 Å². The van der Waals surface area contributed by atoms with Crippen molar-refractivity contribution in [1.82, 2.24) is 0 Å². The predicted molar refractivity (Wildman–Crippen MR) is 85.5 cm³/mol. The summed E-state index contributed by atoms with van der Waals surface area (Å²) in [6.45, 7) is 0. The van der Waals surface area contributed by atoms with Crippen LogP contribution >= 0.6 is 0 Å². The molecule has 22 heavy (non-hydrogen) atoms. The topological polar surface area (TPSA) is 40.5 Å². The highest BCUT2D eigenvalue weighted by molar-refractivity contribution is 6.58. The smallest absolute Gasteiger partial charge is 0.423 e. The SMILES string of the molecule is OB(O)c1ccc([C@H]2CC[C@H](C3C4C3C43C4CC43)CC2)cc1. The zero-order valence-corrected chi connectivity index (χ0v) is 12.9. The summed E-state index contributed by atoms with van der Waals surface area (Å²) in [5.41, 5.74) is 2.98. The fourth-order valence-corrected chi connectivity index (χ4v) is 6.75. The van der Waals surface area contributed by atoms with Crippen LogP contribution in [-0.4, -0.2) is 17.2 Å². The van der Waals surface area contributed by atoms with Crippen LogP contribution in [0.4, 0.5) is 0 Å². The molecule has 1 aromatic carbocycles. The molecule has 5 saturated carbocycles. The fraction of sp³-hybridized carbons (Fsp3) is 0.684. The van der Waals surface area contributed by atoms with Gasteiger partial charge < -0.3 is 10.0 Å². The molecule has 1 spiro atoms. The van der Waals surface area contributed by atoms with Gasteiger partial charge in [0.05, 0.1) is 0 Å². The van der Waals surface area contributed by atoms with Gasteiger partial charge >= 0.3 is 7.12 Å². The summed E-state index contributed by atoms with van der Waals surface area (Å²) in [5.74, 6) is 7.70. The lowest BCUT2D eigenvalue weighted by molar-refractivity contribution is 0.210. The monoisotopic (exact) mass is 294 g/mol. The van der Waals surface area contributed by atoms with Gasteiger partial charge in [-0.25, -0.2) is 0 Å². The summed E-state index contributed by atoms with van der Waals surface area (Å²) in [6, 6.07) is 7.93. The third-order valence-corrected chi connectivity index (χ3v) is 8.11. The lowest BCUT2D eigenvalue weighted by Crippen LogP contribution is -2.29. The zero-order chi connectivity index (χ0) is 14.6. The normalized spacial score (nSPS) is 52.7. The average molecular weight is 294 g/mol. The van der Waals surface area contributed by atoms with Gasteiger partial charge in [0, 0.05) is 0 Å². The Kier molecular flexibility index (Phi) is 2.19. The second kappa shape index (κ2) is 3.81. The minimum absolute atomic E-state index is 0.601. The second-order valence-electron chi connectivity index (χ2n) is 8.73. The Hall–Kier alpha value is -0.795. The number of benzene rings is 1. The first-order valence-electron chi connectivity index (χ1n) is 9.19. The van der Waals surface area contributed by atoms with Crippen molar-refractivity contribution < 1.29 is 10.0 Å². The van der Waals surface area contributed by atoms with E-state index in [9.17, 15) is 10.0 Å². The first kappa shape index (κ1) is 12.6. The number of rotatable bonds is 3. The molecule has 5 aliphatic rings. The first-order valence-corrected chi connectivity index (χ1v) is 9.19. The van der Waals surface area contributed by atoms with Crippen molar-refractivity contribution in [2.45, 2.75) is 38.0 Å². The predicted octanol–water partition coefficient (Wildman–Crippen LogP) is 2.15. The molecule has 2 nitrogen and oxygen atoms in total. The lowest BCUT2D eigenvalue weighted by atomic mass is 9.72. The van der Waals surface area contributed by atoms with E-state index in [1.165, 1.54) is 54.9 Å². The Morgan fingerprint density at radius 2 is 1.55 bits per heavy atom. The molecule has 2 N–H and O–H groups in total. The van der Waals surface area contributed by atoms with Gasteiger partial charge in [-0.05, 0) is 90.0 Å². The van der Waals surface area contributed by atoms with E-state index in [1.54, 1.807) is 6.42 Å². The first-order chi connectivity index (χ1) is 10.7. The van der Waals surface area contributed by atoms with Crippen molar-refractivity contribution in [2.24, 2.45) is 40.9 Å². The highest BCUT2D eigenvalue weighted by atomic mass is 16.4. The van der Waals surface area contributed by atoms with Crippen LogP contribution in [0.2, 0.25) is 0 Å². The highest BCUT2D eigenvalue weighted by Crippen LogP contribution is 3.05. The van der Waals surface area contributed by atoms with E-state index in [2.05, 4.69) is 12.1 Å². The van der Waals surface area contributed by atoms with Gasteiger partial charge in [0.25, 0.3) is 0 Å². The van der Waals surface area contributed by atoms with Crippen molar-refractivity contribution >= 4 is 12.6 Å². The van der Waals surface area contributed by atoms with E-state index < -0.39 is 7.12 Å². The lowest BCUT2D eigenvalue weighted by Gasteiger charge is -2.32. The van der Waals surface area contributed by atoms with Gasteiger partial charge in [-0.15, -0.1) is 0 Å². The summed E-state index contributed by atoms with van der Waals surface area (Å²) in [7, 11) is -1.34. The van der Waals surface area contributed by atoms with Gasteiger partial charge in [0.1, 0.15) is 0 Å². The van der Waals surface area contributed by atoms with Crippen LogP contribution in [0.5, 0.6) is 0 Å². The van der Waals surface area contributed by atoms with Crippen LogP contribution in [-0.2, 0) is 0 Å². The Labute approximate surface area is 132 Å². The molecule has 0 saturated heterocycles. The third-order valence-electron chi connectivity index (χ3n) is 8.11. The molecular formula is C19H23BO2. The molecule has 0 bridgehead atoms. The summed E-state index contributed by atoms with van der Waals surface area (Å²) < 4.78 is 0. The Bertz CT molecular complexity index is 611. The summed E-state index contributed by atoms with van der Waals surface area (Å²) in [5, 5.41) is 18.4. The van der Waals surface area contributed by atoms with Gasteiger partial charge in [-0.3, -0.25) is 0 Å². The maximum Gasteiger partial charge on any atom is 0.488 e. The molecule has 3 heteroatoms. The van der Waals surface area contributed by atoms with E-state index >= 15 is 0 Å². The Balaban J connectivity index is 1.07. The molecule has 0 heterocycles. The molecule has 6 rings (SSSR count). The highest BCUT2D eigenvalue weighted by Gasteiger charge is 3.01. The zero-order valence-electron chi connectivity index (χ0n) is 12.9. The van der Waals surface area contributed by atoms with Crippen molar-refractivity contribution in [3.63, 3.8) is 0 Å². The number of hydrogen-bond donors (Lipinski definition) is 2. The fourth-order valence-electron chi connectivity index (χ4n) is 6.75. The molecule has 0 aliphatic heterocycles. The minimum atomic E-state index is -1.34. The second-order valence-corrected chi connectivity index (χ2v) is 8.73. The van der Waals surface area contributed by atoms with Crippen LogP contribution in [0, 0.1) is 40.9 Å². The summed E-state index contributed by atoms with van der Waals surface area (Å²) >= 11 is 0. The number of hydrogen-bond acceptors (Lipinski definition) is 2. The molecule has 0 amide bonds. The molecule has 114 valence electrons. The quantitative estimate of drug-likeness (QED) is 0.839. The maximum atomic E-state index is 9.18. The van der Waals surface area contributed by atoms with E-state index in [1.807, 2.05) is 12.1 Å². The van der Waals surface area contributed by atoms with Crippen molar-refractivity contribution in [3.05, 3.63) is 29.8 Å². The van der Waals surface area contributed by atoms with Crippen molar-refractivity contribution in [2.75, 3.05) is 0 Å². The maximum absolute atomic E-state index is 9.18. The van der Waals surface area contributed by atoms with E-state index in [0.29, 0.717) is 11.4 Å². The van der Waals surface area contributed by atoms with E-state index in [4.69, 9.17) is 0 Å². The van der Waals surface area contributed by atoms with Crippen LogP contribution in [0.25, 0.3) is 0 Å². The van der Waals surface area contributed by atoms with E-state index in [-0.39, 0.29) is 0 Å². The average Bonchev–Trinajstić information content (AvgIpc) is 3.33. The molecule has 5 aliphatic carbocycles. The van der Waals surface area contributed by atoms with Gasteiger partial charge in [-0.2, -0.15) is 0 Å². The van der Waals surface area contributed by atoms with Crippen molar-refractivity contribution in [1.29, 1.82) is 0 Å². The Morgan fingerprint density at radius 1 is 0.909 bits per heavy atom. The molecule has 5 fully saturated rings. The third kappa shape index (κ3) is 1.41. The Morgan fingerprint density at radius 3 is 2.05 bits per heavy atom.